The number of carbonyl (C=O) groups excluding carboxylic acids is 4. The van der Waals surface area contributed by atoms with Crippen molar-refractivity contribution in [3.8, 4) is 0 Å². The summed E-state index contributed by atoms with van der Waals surface area (Å²) >= 11 is 0. The zero-order valence-corrected chi connectivity index (χ0v) is 14.9. The molecule has 1 aliphatic rings. The summed E-state index contributed by atoms with van der Waals surface area (Å²) in [5, 5.41) is 7.48. The lowest BCUT2D eigenvalue weighted by Gasteiger charge is -2.27. The van der Waals surface area contributed by atoms with Gasteiger partial charge in [-0.25, -0.2) is 4.79 Å². The molecule has 3 amide bonds. The van der Waals surface area contributed by atoms with Gasteiger partial charge in [-0.2, -0.15) is 0 Å². The molecule has 136 valence electrons. The predicted molar refractivity (Wildman–Crippen MR) is 87.1 cm³/mol. The van der Waals surface area contributed by atoms with E-state index in [1.165, 1.54) is 0 Å². The highest BCUT2D eigenvalue weighted by Gasteiger charge is 2.33. The third-order valence-corrected chi connectivity index (χ3v) is 3.43. The van der Waals surface area contributed by atoms with Crippen LogP contribution in [0.4, 0.5) is 4.79 Å². The largest absolute Gasteiger partial charge is 0.449 e. The summed E-state index contributed by atoms with van der Waals surface area (Å²) in [7, 11) is 0. The zero-order valence-electron chi connectivity index (χ0n) is 14.9. The van der Waals surface area contributed by atoms with Gasteiger partial charge in [-0.1, -0.05) is 34.6 Å². The summed E-state index contributed by atoms with van der Waals surface area (Å²) in [6.07, 6.45) is -0.359. The van der Waals surface area contributed by atoms with Gasteiger partial charge in [0.15, 0.2) is 0 Å². The Hall–Kier alpha value is -2.12. The summed E-state index contributed by atoms with van der Waals surface area (Å²) in [4.78, 5) is 47.3. The van der Waals surface area contributed by atoms with Crippen molar-refractivity contribution < 1.29 is 23.9 Å². The Morgan fingerprint density at radius 3 is 2.46 bits per heavy atom. The third kappa shape index (κ3) is 6.17. The number of ether oxygens (including phenoxy) is 1. The zero-order chi connectivity index (χ0) is 18.5. The van der Waals surface area contributed by atoms with Crippen molar-refractivity contribution in [2.45, 2.75) is 53.1 Å². The first-order chi connectivity index (χ1) is 11.0. The molecule has 1 saturated heterocycles. The molecule has 1 fully saturated rings. The minimum Gasteiger partial charge on any atom is -0.449 e. The average molecular weight is 341 g/mol. The first-order valence-corrected chi connectivity index (χ1v) is 8.07. The lowest BCUT2D eigenvalue weighted by atomic mass is 9.99. The Morgan fingerprint density at radius 2 is 1.92 bits per heavy atom. The number of rotatable bonds is 5. The highest BCUT2D eigenvalue weighted by molar-refractivity contribution is 6.39. The van der Waals surface area contributed by atoms with Crippen molar-refractivity contribution in [2.24, 2.45) is 11.3 Å². The predicted octanol–water partition coefficient (Wildman–Crippen LogP) is 0.357. The van der Waals surface area contributed by atoms with E-state index in [0.29, 0.717) is 13.0 Å². The topological polar surface area (TPSA) is 114 Å². The Labute approximate surface area is 142 Å². The normalized spacial score (nSPS) is 19.5. The Balaban J connectivity index is 2.63. The van der Waals surface area contributed by atoms with Crippen molar-refractivity contribution in [1.82, 2.24) is 16.0 Å². The number of nitrogens with one attached hydrogen (secondary N) is 3. The van der Waals surface area contributed by atoms with E-state index >= 15 is 0 Å². The number of alkyl carbamates (subject to hydrolysis) is 1. The maximum absolute atomic E-state index is 12.4. The Morgan fingerprint density at radius 1 is 1.29 bits per heavy atom. The van der Waals surface area contributed by atoms with Gasteiger partial charge in [0, 0.05) is 6.54 Å². The molecule has 3 N–H and O–H groups in total. The molecule has 2 unspecified atom stereocenters. The van der Waals surface area contributed by atoms with E-state index in [1.54, 1.807) is 13.8 Å². The molecule has 8 heteroatoms. The van der Waals surface area contributed by atoms with Crippen LogP contribution in [0.3, 0.4) is 0 Å². The number of hydrogen-bond donors (Lipinski definition) is 3. The molecule has 0 aromatic heterocycles. The van der Waals surface area contributed by atoms with Gasteiger partial charge in [0.2, 0.25) is 11.7 Å². The summed E-state index contributed by atoms with van der Waals surface area (Å²) in [5.74, 6) is -2.09. The van der Waals surface area contributed by atoms with Crippen LogP contribution in [0.2, 0.25) is 0 Å². The second kappa shape index (κ2) is 8.12. The maximum Gasteiger partial charge on any atom is 0.407 e. The fraction of sp³-hybridized carbons (Fsp3) is 0.750. The third-order valence-electron chi connectivity index (χ3n) is 3.43. The molecule has 24 heavy (non-hydrogen) atoms. The molecule has 1 heterocycles. The van der Waals surface area contributed by atoms with Crippen molar-refractivity contribution >= 4 is 23.7 Å². The van der Waals surface area contributed by atoms with Gasteiger partial charge in [0.05, 0.1) is 12.6 Å². The van der Waals surface area contributed by atoms with Gasteiger partial charge in [-0.05, 0) is 17.8 Å². The smallest absolute Gasteiger partial charge is 0.407 e. The van der Waals surface area contributed by atoms with Gasteiger partial charge in [-0.3, -0.25) is 14.4 Å². The highest BCUT2D eigenvalue weighted by Crippen LogP contribution is 2.13. The van der Waals surface area contributed by atoms with Gasteiger partial charge in [0.1, 0.15) is 6.04 Å². The van der Waals surface area contributed by atoms with Crippen LogP contribution in [-0.2, 0) is 19.1 Å². The molecule has 2 atom stereocenters. The molecule has 0 radical (unpaired) electrons. The molecule has 0 bridgehead atoms. The van der Waals surface area contributed by atoms with Crippen LogP contribution < -0.4 is 16.0 Å². The van der Waals surface area contributed by atoms with Crippen LogP contribution in [0, 0.1) is 11.3 Å². The molecule has 1 rings (SSSR count). The Bertz CT molecular complexity index is 510. The number of amides is 3. The maximum atomic E-state index is 12.4. The van der Waals surface area contributed by atoms with Gasteiger partial charge >= 0.3 is 6.09 Å². The molecule has 1 aliphatic heterocycles. The van der Waals surface area contributed by atoms with Gasteiger partial charge in [-0.15, -0.1) is 0 Å². The van der Waals surface area contributed by atoms with E-state index in [1.807, 2.05) is 20.8 Å². The number of Topliss-reactive ketones (excluding diaryl/α,β-unsaturated/α-hetero) is 1. The van der Waals surface area contributed by atoms with E-state index in [2.05, 4.69) is 16.0 Å². The molecule has 0 aromatic rings. The SMILES string of the molecule is CC(C)C(NC(=O)OCC(C)(C)C)C(=O)NC1CCNC(=O)C1=O. The second-order valence-corrected chi connectivity index (χ2v) is 7.47. The van der Waals surface area contributed by atoms with E-state index in [0.717, 1.165) is 0 Å². The minimum atomic E-state index is -0.861. The molecule has 8 nitrogen and oxygen atoms in total. The second-order valence-electron chi connectivity index (χ2n) is 7.47. The summed E-state index contributed by atoms with van der Waals surface area (Å²) in [6.45, 7) is 9.84. The Kier molecular flexibility index (Phi) is 6.74. The van der Waals surface area contributed by atoms with Gasteiger partial charge in [0.25, 0.3) is 5.91 Å². The lowest BCUT2D eigenvalue weighted by molar-refractivity contribution is -0.142. The van der Waals surface area contributed by atoms with Crippen LogP contribution in [0.1, 0.15) is 41.0 Å². The van der Waals surface area contributed by atoms with Crippen LogP contribution in [0.15, 0.2) is 0 Å². The van der Waals surface area contributed by atoms with Gasteiger partial charge < -0.3 is 20.7 Å². The van der Waals surface area contributed by atoms with Crippen molar-refractivity contribution in [2.75, 3.05) is 13.2 Å². The van der Waals surface area contributed by atoms with Crippen LogP contribution in [0.25, 0.3) is 0 Å². The van der Waals surface area contributed by atoms with Crippen LogP contribution in [0.5, 0.6) is 0 Å². The lowest BCUT2D eigenvalue weighted by Crippen LogP contribution is -2.58. The van der Waals surface area contributed by atoms with E-state index in [-0.39, 0.29) is 17.9 Å². The first-order valence-electron chi connectivity index (χ1n) is 8.07. The minimum absolute atomic E-state index is 0.186. The highest BCUT2D eigenvalue weighted by atomic mass is 16.5. The molecule has 0 aliphatic carbocycles. The number of ketones is 1. The summed E-state index contributed by atoms with van der Waals surface area (Å²) in [5.41, 5.74) is -0.186. The molecular formula is C16H27N3O5. The fourth-order valence-corrected chi connectivity index (χ4v) is 2.09. The van der Waals surface area contributed by atoms with E-state index in [4.69, 9.17) is 4.74 Å². The molecule has 0 spiro atoms. The first kappa shape index (κ1) is 19.9. The van der Waals surface area contributed by atoms with Crippen molar-refractivity contribution in [3.63, 3.8) is 0 Å². The summed E-state index contributed by atoms with van der Waals surface area (Å²) in [6, 6.07) is -1.71. The average Bonchev–Trinajstić information content (AvgIpc) is 2.46. The fourth-order valence-electron chi connectivity index (χ4n) is 2.09. The van der Waals surface area contributed by atoms with Crippen molar-refractivity contribution in [1.29, 1.82) is 0 Å². The molecule has 0 aromatic carbocycles. The number of hydrogen-bond acceptors (Lipinski definition) is 5. The molecule has 0 saturated carbocycles. The van der Waals surface area contributed by atoms with Crippen LogP contribution >= 0.6 is 0 Å². The number of piperidine rings is 1. The van der Waals surface area contributed by atoms with Crippen LogP contribution in [-0.4, -0.2) is 48.9 Å². The number of carbonyl (C=O) groups is 4. The van der Waals surface area contributed by atoms with E-state index < -0.39 is 35.8 Å². The molecular weight excluding hydrogens is 314 g/mol. The summed E-state index contributed by atoms with van der Waals surface area (Å²) < 4.78 is 5.10. The van der Waals surface area contributed by atoms with Crippen molar-refractivity contribution in [3.05, 3.63) is 0 Å². The standard InChI is InChI=1S/C16H27N3O5/c1-9(2)11(19-15(23)24-8-16(3,4)5)13(21)18-10-6-7-17-14(22)12(10)20/h9-11H,6-8H2,1-5H3,(H,17,22)(H,18,21)(H,19,23). The monoisotopic (exact) mass is 341 g/mol. The van der Waals surface area contributed by atoms with E-state index in [9.17, 15) is 19.2 Å². The quantitative estimate of drug-likeness (QED) is 0.625.